The van der Waals surface area contributed by atoms with Gasteiger partial charge in [-0.25, -0.2) is 4.98 Å². The van der Waals surface area contributed by atoms with Crippen molar-refractivity contribution in [3.63, 3.8) is 0 Å². The van der Waals surface area contributed by atoms with Crippen LogP contribution in [0.5, 0.6) is 0 Å². The van der Waals surface area contributed by atoms with E-state index in [0.29, 0.717) is 0 Å². The SMILES string of the molecule is CN=C(C)CCc1ncns1. The summed E-state index contributed by atoms with van der Waals surface area (Å²) in [7, 11) is 1.81. The fourth-order valence-electron chi connectivity index (χ4n) is 0.706. The highest BCUT2D eigenvalue weighted by Gasteiger charge is 1.96. The summed E-state index contributed by atoms with van der Waals surface area (Å²) in [5, 5.41) is 1.09. The van der Waals surface area contributed by atoms with Crippen LogP contribution < -0.4 is 0 Å². The highest BCUT2D eigenvalue weighted by molar-refractivity contribution is 7.05. The van der Waals surface area contributed by atoms with E-state index in [2.05, 4.69) is 14.3 Å². The first-order valence-electron chi connectivity index (χ1n) is 3.50. The predicted octanol–water partition coefficient (Wildman–Crippen LogP) is 1.56. The molecule has 60 valence electrons. The van der Waals surface area contributed by atoms with Crippen LogP contribution in [0, 0.1) is 0 Å². The molecule has 1 aromatic heterocycles. The molecule has 11 heavy (non-hydrogen) atoms. The second-order valence-corrected chi connectivity index (χ2v) is 3.16. The van der Waals surface area contributed by atoms with Gasteiger partial charge < -0.3 is 0 Å². The summed E-state index contributed by atoms with van der Waals surface area (Å²) < 4.78 is 3.92. The monoisotopic (exact) mass is 169 g/mol. The van der Waals surface area contributed by atoms with Gasteiger partial charge in [-0.15, -0.1) is 0 Å². The van der Waals surface area contributed by atoms with Crippen LogP contribution in [0.1, 0.15) is 18.4 Å². The minimum Gasteiger partial charge on any atom is -0.298 e. The highest BCUT2D eigenvalue weighted by atomic mass is 32.1. The lowest BCUT2D eigenvalue weighted by Gasteiger charge is -1.93. The van der Waals surface area contributed by atoms with Crippen LogP contribution >= 0.6 is 11.5 Å². The van der Waals surface area contributed by atoms with E-state index in [1.54, 1.807) is 6.33 Å². The van der Waals surface area contributed by atoms with E-state index in [4.69, 9.17) is 0 Å². The third-order valence-corrected chi connectivity index (χ3v) is 2.21. The summed E-state index contributed by atoms with van der Waals surface area (Å²) in [6, 6.07) is 0. The van der Waals surface area contributed by atoms with Crippen molar-refractivity contribution < 1.29 is 0 Å². The van der Waals surface area contributed by atoms with Crippen LogP contribution in [0.4, 0.5) is 0 Å². The van der Waals surface area contributed by atoms with Crippen LogP contribution in [0.25, 0.3) is 0 Å². The maximum Gasteiger partial charge on any atom is 0.129 e. The smallest absolute Gasteiger partial charge is 0.129 e. The molecule has 0 saturated carbocycles. The van der Waals surface area contributed by atoms with Gasteiger partial charge in [-0.2, -0.15) is 4.37 Å². The maximum absolute atomic E-state index is 4.07. The van der Waals surface area contributed by atoms with Crippen LogP contribution in [0.2, 0.25) is 0 Å². The minimum atomic E-state index is 0.966. The Balaban J connectivity index is 2.35. The molecule has 0 atom stereocenters. The van der Waals surface area contributed by atoms with E-state index < -0.39 is 0 Å². The molecule has 0 aliphatic carbocycles. The summed E-state index contributed by atoms with van der Waals surface area (Å²) in [6.07, 6.45) is 3.55. The second kappa shape index (κ2) is 4.18. The molecule has 1 aromatic rings. The van der Waals surface area contributed by atoms with Gasteiger partial charge in [0.15, 0.2) is 0 Å². The lowest BCUT2D eigenvalue weighted by atomic mass is 10.2. The Kier molecular flexibility index (Phi) is 3.16. The fraction of sp³-hybridized carbons (Fsp3) is 0.571. The molecule has 4 heteroatoms. The summed E-state index contributed by atoms with van der Waals surface area (Å²) in [4.78, 5) is 8.14. The minimum absolute atomic E-state index is 0.966. The molecule has 0 aliphatic heterocycles. The molecule has 0 unspecified atom stereocenters. The van der Waals surface area contributed by atoms with Crippen LogP contribution in [-0.4, -0.2) is 22.1 Å². The molecule has 0 N–H and O–H groups in total. The molecule has 0 amide bonds. The topological polar surface area (TPSA) is 38.1 Å². The van der Waals surface area contributed by atoms with Crippen molar-refractivity contribution in [3.8, 4) is 0 Å². The molecular weight excluding hydrogens is 158 g/mol. The molecule has 0 aromatic carbocycles. The van der Waals surface area contributed by atoms with Gasteiger partial charge in [0.2, 0.25) is 0 Å². The standard InChI is InChI=1S/C7H11N3S/c1-6(8-2)3-4-7-9-5-10-11-7/h5H,3-4H2,1-2H3. The molecule has 0 fully saturated rings. The highest BCUT2D eigenvalue weighted by Crippen LogP contribution is 2.03. The molecule has 0 bridgehead atoms. The third kappa shape index (κ3) is 2.76. The average molecular weight is 169 g/mol. The summed E-state index contributed by atoms with van der Waals surface area (Å²) in [5.41, 5.74) is 1.17. The lowest BCUT2D eigenvalue weighted by molar-refractivity contribution is 1.00. The molecule has 1 rings (SSSR count). The first-order chi connectivity index (χ1) is 5.33. The number of aliphatic imine (C=N–C) groups is 1. The number of nitrogens with zero attached hydrogens (tertiary/aromatic N) is 3. The molecule has 0 saturated heterocycles. The first-order valence-corrected chi connectivity index (χ1v) is 4.28. The quantitative estimate of drug-likeness (QED) is 0.644. The van der Waals surface area contributed by atoms with Crippen molar-refractivity contribution in [1.29, 1.82) is 0 Å². The molecule has 0 radical (unpaired) electrons. The third-order valence-electron chi connectivity index (χ3n) is 1.49. The summed E-state index contributed by atoms with van der Waals surface area (Å²) in [6.45, 7) is 2.03. The largest absolute Gasteiger partial charge is 0.298 e. The molecule has 1 heterocycles. The van der Waals surface area contributed by atoms with Gasteiger partial charge in [0.05, 0.1) is 0 Å². The Labute approximate surface area is 70.4 Å². The van der Waals surface area contributed by atoms with Crippen LogP contribution in [0.3, 0.4) is 0 Å². The van der Waals surface area contributed by atoms with Gasteiger partial charge in [-0.3, -0.25) is 4.99 Å². The van der Waals surface area contributed by atoms with E-state index in [0.717, 1.165) is 17.8 Å². The lowest BCUT2D eigenvalue weighted by Crippen LogP contribution is -1.93. The number of hydrogen-bond donors (Lipinski definition) is 0. The van der Waals surface area contributed by atoms with Gasteiger partial charge in [0.1, 0.15) is 11.3 Å². The Morgan fingerprint density at radius 3 is 3.09 bits per heavy atom. The fourth-order valence-corrected chi connectivity index (χ4v) is 1.21. The van der Waals surface area contributed by atoms with Gasteiger partial charge in [0, 0.05) is 19.2 Å². The average Bonchev–Trinajstić information content (AvgIpc) is 2.52. The Morgan fingerprint density at radius 1 is 1.73 bits per heavy atom. The van der Waals surface area contributed by atoms with Crippen LogP contribution in [0.15, 0.2) is 11.3 Å². The molecule has 0 aliphatic rings. The summed E-state index contributed by atoms with van der Waals surface area (Å²) >= 11 is 1.46. The van der Waals surface area contributed by atoms with E-state index in [1.807, 2.05) is 14.0 Å². The summed E-state index contributed by atoms with van der Waals surface area (Å²) in [5.74, 6) is 0. The van der Waals surface area contributed by atoms with Gasteiger partial charge >= 0.3 is 0 Å². The van der Waals surface area contributed by atoms with Crippen molar-refractivity contribution in [3.05, 3.63) is 11.3 Å². The normalized spacial score (nSPS) is 12.0. The van der Waals surface area contributed by atoms with E-state index in [1.165, 1.54) is 17.2 Å². The van der Waals surface area contributed by atoms with Crippen molar-refractivity contribution in [2.45, 2.75) is 19.8 Å². The Morgan fingerprint density at radius 2 is 2.55 bits per heavy atom. The predicted molar refractivity (Wildman–Crippen MR) is 47.3 cm³/mol. The van der Waals surface area contributed by atoms with E-state index in [-0.39, 0.29) is 0 Å². The Bertz CT molecular complexity index is 228. The number of hydrogen-bond acceptors (Lipinski definition) is 4. The van der Waals surface area contributed by atoms with Crippen LogP contribution in [-0.2, 0) is 6.42 Å². The number of rotatable bonds is 3. The molecule has 0 spiro atoms. The zero-order chi connectivity index (χ0) is 8.10. The van der Waals surface area contributed by atoms with E-state index >= 15 is 0 Å². The number of aryl methyl sites for hydroxylation is 1. The molecule has 3 nitrogen and oxygen atoms in total. The van der Waals surface area contributed by atoms with Crippen molar-refractivity contribution >= 4 is 17.2 Å². The van der Waals surface area contributed by atoms with Crippen molar-refractivity contribution in [1.82, 2.24) is 9.36 Å². The first kappa shape index (κ1) is 8.33. The van der Waals surface area contributed by atoms with Gasteiger partial charge in [-0.05, 0) is 24.9 Å². The number of aromatic nitrogens is 2. The van der Waals surface area contributed by atoms with Gasteiger partial charge in [0.25, 0.3) is 0 Å². The van der Waals surface area contributed by atoms with Crippen molar-refractivity contribution in [2.75, 3.05) is 7.05 Å². The van der Waals surface area contributed by atoms with Gasteiger partial charge in [-0.1, -0.05) is 0 Å². The zero-order valence-corrected chi connectivity index (χ0v) is 7.56. The van der Waals surface area contributed by atoms with Crippen molar-refractivity contribution in [2.24, 2.45) is 4.99 Å². The Hall–Kier alpha value is -0.770. The zero-order valence-electron chi connectivity index (χ0n) is 6.74. The second-order valence-electron chi connectivity index (χ2n) is 2.29. The maximum atomic E-state index is 4.07. The van der Waals surface area contributed by atoms with E-state index in [9.17, 15) is 0 Å². The molecular formula is C7H11N3S.